The standard InChI is InChI=1S/C12H17NO3S/c1-8(9-5-4-6-17-9)13-10(14)7-12(2,3)11(15)16/h4-6,8H,7H2,1-3H3,(H,13,14)(H,15,16)/t8-/m0/s1. The van der Waals surface area contributed by atoms with Gasteiger partial charge in [0.15, 0.2) is 0 Å². The number of hydrogen-bond acceptors (Lipinski definition) is 3. The van der Waals surface area contributed by atoms with Gasteiger partial charge >= 0.3 is 5.97 Å². The Bertz CT molecular complexity index is 398. The maximum Gasteiger partial charge on any atom is 0.309 e. The average Bonchev–Trinajstić information content (AvgIpc) is 2.68. The number of carboxylic acid groups (broad SMARTS) is 1. The Hall–Kier alpha value is -1.36. The van der Waals surface area contributed by atoms with E-state index < -0.39 is 11.4 Å². The van der Waals surface area contributed by atoms with Crippen molar-refractivity contribution in [3.8, 4) is 0 Å². The summed E-state index contributed by atoms with van der Waals surface area (Å²) in [6.07, 6.45) is -0.0158. The summed E-state index contributed by atoms with van der Waals surface area (Å²) in [5.41, 5.74) is -1.03. The summed E-state index contributed by atoms with van der Waals surface area (Å²) in [7, 11) is 0. The third-order valence-corrected chi connectivity index (χ3v) is 3.58. The van der Waals surface area contributed by atoms with Crippen molar-refractivity contribution in [2.45, 2.75) is 33.2 Å². The molecule has 0 saturated carbocycles. The average molecular weight is 255 g/mol. The maximum atomic E-state index is 11.7. The number of carboxylic acids is 1. The van der Waals surface area contributed by atoms with Gasteiger partial charge in [0.25, 0.3) is 0 Å². The van der Waals surface area contributed by atoms with Crippen LogP contribution in [0.4, 0.5) is 0 Å². The van der Waals surface area contributed by atoms with Crippen LogP contribution in [0.15, 0.2) is 17.5 Å². The van der Waals surface area contributed by atoms with E-state index in [2.05, 4.69) is 5.32 Å². The van der Waals surface area contributed by atoms with E-state index in [1.165, 1.54) is 0 Å². The van der Waals surface area contributed by atoms with E-state index in [9.17, 15) is 9.59 Å². The number of thiophene rings is 1. The van der Waals surface area contributed by atoms with E-state index in [0.29, 0.717) is 0 Å². The van der Waals surface area contributed by atoms with Crippen LogP contribution < -0.4 is 5.32 Å². The first-order chi connectivity index (χ1) is 7.83. The predicted molar refractivity (Wildman–Crippen MR) is 66.9 cm³/mol. The number of carbonyl (C=O) groups excluding carboxylic acids is 1. The fourth-order valence-corrected chi connectivity index (χ4v) is 2.11. The Morgan fingerprint density at radius 3 is 2.65 bits per heavy atom. The molecule has 0 aliphatic carbocycles. The predicted octanol–water partition coefficient (Wildman–Crippen LogP) is 2.43. The number of amides is 1. The topological polar surface area (TPSA) is 66.4 Å². The van der Waals surface area contributed by atoms with E-state index in [1.54, 1.807) is 25.2 Å². The zero-order chi connectivity index (χ0) is 13.1. The highest BCUT2D eigenvalue weighted by atomic mass is 32.1. The van der Waals surface area contributed by atoms with Crippen LogP contribution >= 0.6 is 11.3 Å². The van der Waals surface area contributed by atoms with E-state index in [-0.39, 0.29) is 18.4 Å². The quantitative estimate of drug-likeness (QED) is 0.849. The highest BCUT2D eigenvalue weighted by Gasteiger charge is 2.30. The molecule has 1 amide bonds. The van der Waals surface area contributed by atoms with Crippen LogP contribution in [0, 0.1) is 5.41 Å². The fraction of sp³-hybridized carbons (Fsp3) is 0.500. The van der Waals surface area contributed by atoms with Gasteiger partial charge in [0.1, 0.15) is 0 Å². The Labute approximate surface area is 105 Å². The van der Waals surface area contributed by atoms with Crippen LogP contribution in [0.2, 0.25) is 0 Å². The van der Waals surface area contributed by atoms with Crippen LogP contribution in [0.3, 0.4) is 0 Å². The Morgan fingerprint density at radius 2 is 2.18 bits per heavy atom. The lowest BCUT2D eigenvalue weighted by Crippen LogP contribution is -2.34. The van der Waals surface area contributed by atoms with Crippen LogP contribution in [0.5, 0.6) is 0 Å². The van der Waals surface area contributed by atoms with E-state index >= 15 is 0 Å². The molecule has 1 aromatic heterocycles. The van der Waals surface area contributed by atoms with Gasteiger partial charge in [0, 0.05) is 11.3 Å². The SMILES string of the molecule is C[C@H](NC(=O)CC(C)(C)C(=O)O)c1cccs1. The van der Waals surface area contributed by atoms with Gasteiger partial charge < -0.3 is 10.4 Å². The minimum Gasteiger partial charge on any atom is -0.481 e. The molecule has 1 atom stereocenters. The van der Waals surface area contributed by atoms with Gasteiger partial charge in [-0.3, -0.25) is 9.59 Å². The minimum atomic E-state index is -1.03. The lowest BCUT2D eigenvalue weighted by atomic mass is 9.89. The molecule has 1 rings (SSSR count). The Balaban J connectivity index is 2.53. The second-order valence-electron chi connectivity index (χ2n) is 4.67. The van der Waals surface area contributed by atoms with E-state index in [1.807, 2.05) is 24.4 Å². The molecule has 0 spiro atoms. The zero-order valence-electron chi connectivity index (χ0n) is 10.2. The molecule has 4 nitrogen and oxygen atoms in total. The van der Waals surface area contributed by atoms with Crippen molar-refractivity contribution in [2.24, 2.45) is 5.41 Å². The van der Waals surface area contributed by atoms with Gasteiger partial charge in [0.2, 0.25) is 5.91 Å². The number of nitrogens with one attached hydrogen (secondary N) is 1. The van der Waals surface area contributed by atoms with Crippen LogP contribution in [0.25, 0.3) is 0 Å². The fourth-order valence-electron chi connectivity index (χ4n) is 1.38. The molecule has 0 aromatic carbocycles. The maximum absolute atomic E-state index is 11.7. The molecule has 5 heteroatoms. The van der Waals surface area contributed by atoms with Crippen molar-refractivity contribution in [3.63, 3.8) is 0 Å². The molecule has 0 unspecified atom stereocenters. The first-order valence-corrected chi connectivity index (χ1v) is 6.27. The summed E-state index contributed by atoms with van der Waals surface area (Å²) in [5.74, 6) is -1.20. The first-order valence-electron chi connectivity index (χ1n) is 5.39. The van der Waals surface area contributed by atoms with Gasteiger partial charge in [-0.15, -0.1) is 11.3 Å². The van der Waals surface area contributed by atoms with Gasteiger partial charge in [-0.05, 0) is 32.2 Å². The van der Waals surface area contributed by atoms with Crippen LogP contribution in [0.1, 0.15) is 38.1 Å². The normalized spacial score (nSPS) is 13.1. The lowest BCUT2D eigenvalue weighted by molar-refractivity contribution is -0.149. The summed E-state index contributed by atoms with van der Waals surface area (Å²) in [6, 6.07) is 3.79. The van der Waals surface area contributed by atoms with Crippen molar-refractivity contribution in [1.82, 2.24) is 5.32 Å². The minimum absolute atomic E-state index is 0.0158. The number of rotatable bonds is 5. The second kappa shape index (κ2) is 5.31. The van der Waals surface area contributed by atoms with Gasteiger partial charge in [-0.2, -0.15) is 0 Å². The smallest absolute Gasteiger partial charge is 0.309 e. The lowest BCUT2D eigenvalue weighted by Gasteiger charge is -2.20. The van der Waals surface area contributed by atoms with Crippen molar-refractivity contribution in [2.75, 3.05) is 0 Å². The van der Waals surface area contributed by atoms with Gasteiger partial charge in [-0.1, -0.05) is 6.07 Å². The summed E-state index contributed by atoms with van der Waals surface area (Å²) < 4.78 is 0. The zero-order valence-corrected chi connectivity index (χ0v) is 11.0. The van der Waals surface area contributed by atoms with Crippen molar-refractivity contribution in [1.29, 1.82) is 0 Å². The third-order valence-electron chi connectivity index (χ3n) is 2.53. The Kier molecular flexibility index (Phi) is 4.28. The highest BCUT2D eigenvalue weighted by molar-refractivity contribution is 7.10. The molecule has 2 N–H and O–H groups in total. The largest absolute Gasteiger partial charge is 0.481 e. The Morgan fingerprint density at radius 1 is 1.53 bits per heavy atom. The monoisotopic (exact) mass is 255 g/mol. The molecule has 1 aromatic rings. The number of hydrogen-bond donors (Lipinski definition) is 2. The molecular formula is C12H17NO3S. The van der Waals surface area contributed by atoms with Crippen molar-refractivity contribution >= 4 is 23.2 Å². The van der Waals surface area contributed by atoms with Gasteiger partial charge in [0.05, 0.1) is 11.5 Å². The molecule has 0 bridgehead atoms. The summed E-state index contributed by atoms with van der Waals surface area (Å²) in [6.45, 7) is 4.98. The molecule has 0 aliphatic heterocycles. The van der Waals surface area contributed by atoms with Crippen LogP contribution in [-0.2, 0) is 9.59 Å². The van der Waals surface area contributed by atoms with Crippen molar-refractivity contribution in [3.05, 3.63) is 22.4 Å². The number of aliphatic carboxylic acids is 1. The van der Waals surface area contributed by atoms with E-state index in [0.717, 1.165) is 4.88 Å². The second-order valence-corrected chi connectivity index (χ2v) is 5.65. The summed E-state index contributed by atoms with van der Waals surface area (Å²) in [5, 5.41) is 13.7. The molecule has 17 heavy (non-hydrogen) atoms. The van der Waals surface area contributed by atoms with Crippen molar-refractivity contribution < 1.29 is 14.7 Å². The van der Waals surface area contributed by atoms with Crippen LogP contribution in [-0.4, -0.2) is 17.0 Å². The molecule has 0 saturated heterocycles. The molecule has 0 aliphatic rings. The molecule has 94 valence electrons. The van der Waals surface area contributed by atoms with Gasteiger partial charge in [-0.25, -0.2) is 0 Å². The molecular weight excluding hydrogens is 238 g/mol. The molecule has 1 heterocycles. The summed E-state index contributed by atoms with van der Waals surface area (Å²) >= 11 is 1.57. The third kappa shape index (κ3) is 3.85. The molecule has 0 radical (unpaired) electrons. The first kappa shape index (κ1) is 13.7. The van der Waals surface area contributed by atoms with E-state index in [4.69, 9.17) is 5.11 Å². The molecule has 0 fully saturated rings. The summed E-state index contributed by atoms with van der Waals surface area (Å²) in [4.78, 5) is 23.7. The highest BCUT2D eigenvalue weighted by Crippen LogP contribution is 2.22. The number of carbonyl (C=O) groups is 2.